The van der Waals surface area contributed by atoms with Crippen molar-refractivity contribution in [2.45, 2.75) is 0 Å². The Morgan fingerprint density at radius 2 is 1.50 bits per heavy atom. The van der Waals surface area contributed by atoms with E-state index in [-0.39, 0.29) is 22.8 Å². The Labute approximate surface area is 175 Å². The number of hydrogen-bond donors (Lipinski definition) is 1. The summed E-state index contributed by atoms with van der Waals surface area (Å²) in [6.07, 6.45) is 0. The van der Waals surface area contributed by atoms with Gasteiger partial charge >= 0.3 is 17.1 Å². The Morgan fingerprint density at radius 1 is 0.786 bits per heavy atom. The molecule has 28 heavy (non-hydrogen) atoms. The predicted octanol–water partition coefficient (Wildman–Crippen LogP) is 6.40. The number of aromatic hydroxyl groups is 1. The molecule has 0 aliphatic rings. The van der Waals surface area contributed by atoms with Crippen LogP contribution in [0, 0.1) is 0 Å². The number of benzene rings is 2. The van der Waals surface area contributed by atoms with Crippen molar-refractivity contribution in [2.24, 2.45) is 0 Å². The van der Waals surface area contributed by atoms with Gasteiger partial charge in [-0.1, -0.05) is 42.0 Å². The second kappa shape index (κ2) is 9.18. The molecular formula is C25H19FeNO. The van der Waals surface area contributed by atoms with Gasteiger partial charge in [0.25, 0.3) is 0 Å². The van der Waals surface area contributed by atoms with Crippen molar-refractivity contribution in [1.82, 2.24) is 4.98 Å². The van der Waals surface area contributed by atoms with Crippen molar-refractivity contribution in [2.75, 3.05) is 0 Å². The van der Waals surface area contributed by atoms with Crippen molar-refractivity contribution in [1.29, 1.82) is 0 Å². The van der Waals surface area contributed by atoms with Crippen molar-refractivity contribution < 1.29 is 22.2 Å². The fraction of sp³-hybridized carbons (Fsp3) is 0. The van der Waals surface area contributed by atoms with Crippen LogP contribution in [0.1, 0.15) is 0 Å². The summed E-state index contributed by atoms with van der Waals surface area (Å²) < 4.78 is 0. The quantitative estimate of drug-likeness (QED) is 0.273. The van der Waals surface area contributed by atoms with E-state index in [0.717, 1.165) is 33.3 Å². The molecule has 0 bridgehead atoms. The molecule has 0 radical (unpaired) electrons. The molecule has 0 aliphatic carbocycles. The maximum absolute atomic E-state index is 9.83. The van der Waals surface area contributed by atoms with Crippen molar-refractivity contribution in [3.05, 3.63) is 109 Å². The fourth-order valence-electron chi connectivity index (χ4n) is 3.08. The second-order valence-corrected chi connectivity index (χ2v) is 6.26. The number of hydrogen-bond acceptors (Lipinski definition) is 2. The first-order chi connectivity index (χ1) is 13.3. The maximum atomic E-state index is 9.83. The molecule has 3 heteroatoms. The Kier molecular flexibility index (Phi) is 6.44. The molecule has 4 aromatic carbocycles. The summed E-state index contributed by atoms with van der Waals surface area (Å²) in [5, 5.41) is 10.8. The average Bonchev–Trinajstić information content (AvgIpc) is 3.44. The summed E-state index contributed by atoms with van der Waals surface area (Å²) in [5.74, 6) is 0.257. The van der Waals surface area contributed by atoms with Crippen molar-refractivity contribution in [3.8, 4) is 28.1 Å². The Balaban J connectivity index is 0.000000329. The summed E-state index contributed by atoms with van der Waals surface area (Å²) in [7, 11) is 0. The smallest absolute Gasteiger partial charge is 0.508 e. The third kappa shape index (κ3) is 4.40. The van der Waals surface area contributed by atoms with E-state index >= 15 is 0 Å². The largest absolute Gasteiger partial charge is 2.00 e. The number of phenols is 1. The van der Waals surface area contributed by atoms with Gasteiger partial charge in [-0.2, -0.15) is 30.3 Å². The minimum atomic E-state index is 0. The monoisotopic (exact) mass is 405 g/mol. The normalized spacial score (nSPS) is 10.0. The molecule has 0 saturated heterocycles. The topological polar surface area (TPSA) is 33.1 Å². The number of pyridine rings is 1. The van der Waals surface area contributed by atoms with Gasteiger partial charge in [-0.25, -0.2) is 12.1 Å². The number of aromatic nitrogens is 1. The van der Waals surface area contributed by atoms with Gasteiger partial charge in [0.1, 0.15) is 5.75 Å². The van der Waals surface area contributed by atoms with E-state index in [1.807, 2.05) is 66.7 Å². The predicted molar refractivity (Wildman–Crippen MR) is 112 cm³/mol. The molecule has 0 fully saturated rings. The molecule has 1 aromatic heterocycles. The third-order valence-corrected chi connectivity index (χ3v) is 4.39. The molecule has 138 valence electrons. The third-order valence-electron chi connectivity index (χ3n) is 4.39. The minimum absolute atomic E-state index is 0. The van der Waals surface area contributed by atoms with Gasteiger partial charge in [0.05, 0.1) is 5.52 Å². The zero-order chi connectivity index (χ0) is 18.5. The number of phenolic OH excluding ortho intramolecular Hbond substituents is 1. The zero-order valence-corrected chi connectivity index (χ0v) is 16.2. The van der Waals surface area contributed by atoms with Crippen molar-refractivity contribution >= 4 is 10.9 Å². The molecule has 1 heterocycles. The van der Waals surface area contributed by atoms with Crippen LogP contribution in [0.5, 0.6) is 5.75 Å². The van der Waals surface area contributed by atoms with Crippen LogP contribution in [0.3, 0.4) is 0 Å². The van der Waals surface area contributed by atoms with Gasteiger partial charge in [0.2, 0.25) is 0 Å². The van der Waals surface area contributed by atoms with Gasteiger partial charge in [0, 0.05) is 5.39 Å². The maximum Gasteiger partial charge on any atom is 2.00 e. The summed E-state index contributed by atoms with van der Waals surface area (Å²) in [4.78, 5) is 4.73. The van der Waals surface area contributed by atoms with Gasteiger partial charge < -0.3 is 5.11 Å². The van der Waals surface area contributed by atoms with Gasteiger partial charge in [0.15, 0.2) is 0 Å². The molecule has 2 nitrogen and oxygen atoms in total. The molecule has 5 aromatic rings. The molecule has 0 amide bonds. The number of fused-ring (bicyclic) bond motifs is 1. The van der Waals surface area contributed by atoms with Crippen LogP contribution < -0.4 is 0 Å². The van der Waals surface area contributed by atoms with Crippen LogP contribution in [-0.2, 0) is 17.1 Å². The van der Waals surface area contributed by atoms with Gasteiger partial charge in [-0.3, -0.25) is 4.98 Å². The molecule has 0 unspecified atom stereocenters. The van der Waals surface area contributed by atoms with Gasteiger partial charge in [-0.15, -0.1) is 12.1 Å². The van der Waals surface area contributed by atoms with Crippen molar-refractivity contribution in [3.63, 3.8) is 0 Å². The van der Waals surface area contributed by atoms with E-state index in [0.29, 0.717) is 0 Å². The molecule has 0 aliphatic heterocycles. The molecule has 0 spiro atoms. The molecular weight excluding hydrogens is 386 g/mol. The first-order valence-electron chi connectivity index (χ1n) is 8.89. The summed E-state index contributed by atoms with van der Waals surface area (Å²) in [6, 6.07) is 35.8. The fourth-order valence-corrected chi connectivity index (χ4v) is 3.08. The van der Waals surface area contributed by atoms with E-state index in [9.17, 15) is 5.11 Å². The van der Waals surface area contributed by atoms with E-state index in [2.05, 4.69) is 30.3 Å². The first kappa shape index (κ1) is 19.6. The van der Waals surface area contributed by atoms with Crippen LogP contribution in [0.4, 0.5) is 0 Å². The SMILES string of the molecule is Oc1ccc2nc(-[c-]3cccc3)cc(-c3ccccc3)c2c1.[Fe+2].c1cc[cH-]c1. The first-order valence-corrected chi connectivity index (χ1v) is 8.89. The van der Waals surface area contributed by atoms with Crippen LogP contribution in [0.2, 0.25) is 0 Å². The van der Waals surface area contributed by atoms with Crippen LogP contribution in [0.25, 0.3) is 33.3 Å². The Bertz CT molecular complexity index is 1100. The second-order valence-electron chi connectivity index (χ2n) is 6.26. The van der Waals surface area contributed by atoms with E-state index in [1.54, 1.807) is 12.1 Å². The molecule has 0 atom stereocenters. The summed E-state index contributed by atoms with van der Waals surface area (Å²) in [5.41, 5.74) is 5.13. The Hall–Kier alpha value is -3.13. The molecule has 5 rings (SSSR count). The summed E-state index contributed by atoms with van der Waals surface area (Å²) in [6.45, 7) is 0. The summed E-state index contributed by atoms with van der Waals surface area (Å²) >= 11 is 0. The number of nitrogens with zero attached hydrogens (tertiary/aromatic N) is 1. The minimum Gasteiger partial charge on any atom is -0.508 e. The zero-order valence-electron chi connectivity index (χ0n) is 15.1. The Morgan fingerprint density at radius 3 is 2.14 bits per heavy atom. The standard InChI is InChI=1S/C20H14NO.C5H5.Fe/c22-16-10-11-19-18(12-16)17(14-6-2-1-3-7-14)13-20(21-19)15-8-4-5-9-15;1-2-4-5-3-1;/h1-13,22H;1-5H;/q2*-1;+2. The number of rotatable bonds is 2. The van der Waals surface area contributed by atoms with Crippen LogP contribution >= 0.6 is 0 Å². The van der Waals surface area contributed by atoms with Gasteiger partial charge in [-0.05, 0) is 35.0 Å². The average molecular weight is 405 g/mol. The molecule has 0 saturated carbocycles. The van der Waals surface area contributed by atoms with Crippen LogP contribution in [0.15, 0.2) is 109 Å². The van der Waals surface area contributed by atoms with E-state index in [1.165, 1.54) is 0 Å². The van der Waals surface area contributed by atoms with E-state index < -0.39 is 0 Å². The van der Waals surface area contributed by atoms with E-state index in [4.69, 9.17) is 4.98 Å². The van der Waals surface area contributed by atoms with Crippen LogP contribution in [-0.4, -0.2) is 10.1 Å². The molecule has 1 N–H and O–H groups in total.